The third-order valence-corrected chi connectivity index (χ3v) is 13.5. The Hall–Kier alpha value is -1.66. The Labute approximate surface area is 405 Å². The van der Waals surface area contributed by atoms with Crippen molar-refractivity contribution in [1.29, 1.82) is 0 Å². The van der Waals surface area contributed by atoms with E-state index in [0.29, 0.717) is 25.9 Å². The number of carbonyl (C=O) groups excluding carboxylic acids is 2. The Kier molecular flexibility index (Phi) is 53.5. The van der Waals surface area contributed by atoms with Crippen LogP contribution in [0.1, 0.15) is 316 Å². The van der Waals surface area contributed by atoms with E-state index in [1.165, 1.54) is 218 Å². The molecule has 0 aliphatic heterocycles. The van der Waals surface area contributed by atoms with E-state index in [0.717, 1.165) is 64.2 Å². The Morgan fingerprint density at radius 2 is 0.769 bits per heavy atom. The first-order chi connectivity index (χ1) is 32.0. The highest BCUT2D eigenvalue weighted by atomic mass is 16.5. The molecule has 0 fully saturated rings. The predicted octanol–water partition coefficient (Wildman–Crippen LogP) is 17.9. The molecule has 65 heavy (non-hydrogen) atoms. The average molecular weight is 917 g/mol. The van der Waals surface area contributed by atoms with Crippen molar-refractivity contribution >= 4 is 11.9 Å². The van der Waals surface area contributed by atoms with Crippen LogP contribution >= 0.6 is 0 Å². The summed E-state index contributed by atoms with van der Waals surface area (Å²) in [5.74, 6) is -0.0646. The van der Waals surface area contributed by atoms with Crippen LogP contribution in [-0.4, -0.2) is 47.4 Å². The van der Waals surface area contributed by atoms with Crippen LogP contribution in [0.2, 0.25) is 0 Å². The van der Waals surface area contributed by atoms with Crippen molar-refractivity contribution in [2.75, 3.05) is 13.2 Å². The van der Waals surface area contributed by atoms with Crippen molar-refractivity contribution in [3.05, 3.63) is 24.3 Å². The zero-order chi connectivity index (χ0) is 47.2. The van der Waals surface area contributed by atoms with Gasteiger partial charge in [-0.25, -0.2) is 0 Å². The van der Waals surface area contributed by atoms with Crippen molar-refractivity contribution in [3.63, 3.8) is 0 Å². The minimum Gasteiger partial charge on any atom is -0.466 e. The van der Waals surface area contributed by atoms with E-state index in [9.17, 15) is 19.8 Å². The maximum atomic E-state index is 12.5. The second-order valence-corrected chi connectivity index (χ2v) is 20.0. The normalized spacial score (nSPS) is 12.7. The van der Waals surface area contributed by atoms with Crippen LogP contribution in [0.15, 0.2) is 24.3 Å². The molecule has 2 atom stereocenters. The lowest BCUT2D eigenvalue weighted by atomic mass is 10.0. The number of esters is 1. The zero-order valence-electron chi connectivity index (χ0n) is 43.7. The number of amides is 1. The number of unbranched alkanes of at least 4 members (excludes halogenated alkanes) is 39. The van der Waals surface area contributed by atoms with E-state index in [4.69, 9.17) is 4.74 Å². The lowest BCUT2D eigenvalue weighted by molar-refractivity contribution is -0.143. The molecule has 2 unspecified atom stereocenters. The molecule has 0 aromatic rings. The molecule has 3 N–H and O–H groups in total. The first-order valence-corrected chi connectivity index (χ1v) is 29.1. The Morgan fingerprint density at radius 3 is 1.18 bits per heavy atom. The molecule has 0 heterocycles. The van der Waals surface area contributed by atoms with Gasteiger partial charge < -0.3 is 20.3 Å². The molecule has 0 aliphatic carbocycles. The highest BCUT2D eigenvalue weighted by Crippen LogP contribution is 2.17. The number of nitrogens with one attached hydrogen (secondary N) is 1. The average Bonchev–Trinajstić information content (AvgIpc) is 3.31. The summed E-state index contributed by atoms with van der Waals surface area (Å²) in [6, 6.07) is -0.554. The smallest absolute Gasteiger partial charge is 0.305 e. The molecule has 0 saturated carbocycles. The summed E-state index contributed by atoms with van der Waals surface area (Å²) in [4.78, 5) is 24.6. The van der Waals surface area contributed by atoms with Gasteiger partial charge in [-0.1, -0.05) is 269 Å². The van der Waals surface area contributed by atoms with Crippen molar-refractivity contribution in [1.82, 2.24) is 5.32 Å². The summed E-state index contributed by atoms with van der Waals surface area (Å²) >= 11 is 0. The zero-order valence-corrected chi connectivity index (χ0v) is 43.7. The van der Waals surface area contributed by atoms with Gasteiger partial charge in [0.25, 0.3) is 0 Å². The summed E-state index contributed by atoms with van der Waals surface area (Å²) < 4.78 is 5.48. The van der Waals surface area contributed by atoms with Crippen LogP contribution in [-0.2, 0) is 14.3 Å². The lowest BCUT2D eigenvalue weighted by Crippen LogP contribution is -2.45. The maximum Gasteiger partial charge on any atom is 0.305 e. The van der Waals surface area contributed by atoms with E-state index < -0.39 is 12.1 Å². The van der Waals surface area contributed by atoms with Crippen molar-refractivity contribution < 1.29 is 24.5 Å². The first kappa shape index (κ1) is 63.3. The molecule has 0 aliphatic rings. The van der Waals surface area contributed by atoms with Gasteiger partial charge in [0.1, 0.15) is 0 Å². The van der Waals surface area contributed by atoms with Crippen molar-refractivity contribution in [2.24, 2.45) is 0 Å². The van der Waals surface area contributed by atoms with Crippen LogP contribution in [0.25, 0.3) is 0 Å². The number of ether oxygens (including phenoxy) is 1. The largest absolute Gasteiger partial charge is 0.466 e. The summed E-state index contributed by atoms with van der Waals surface area (Å²) in [5, 5.41) is 23.3. The van der Waals surface area contributed by atoms with Crippen molar-refractivity contribution in [2.45, 2.75) is 328 Å². The van der Waals surface area contributed by atoms with Gasteiger partial charge in [-0.3, -0.25) is 9.59 Å². The van der Waals surface area contributed by atoms with Gasteiger partial charge in [-0.2, -0.15) is 0 Å². The highest BCUT2D eigenvalue weighted by molar-refractivity contribution is 5.76. The number of allylic oxidation sites excluding steroid dienone is 4. The second kappa shape index (κ2) is 54.9. The fraction of sp³-hybridized carbons (Fsp3) is 0.898. The number of hydrogen-bond acceptors (Lipinski definition) is 5. The van der Waals surface area contributed by atoms with Gasteiger partial charge in [0.15, 0.2) is 0 Å². The molecule has 1 amide bonds. The summed E-state index contributed by atoms with van der Waals surface area (Å²) in [6.07, 6.45) is 65.9. The molecule has 384 valence electrons. The van der Waals surface area contributed by atoms with Crippen molar-refractivity contribution in [3.8, 4) is 0 Å². The van der Waals surface area contributed by atoms with Gasteiger partial charge in [-0.15, -0.1) is 0 Å². The van der Waals surface area contributed by atoms with Crippen LogP contribution in [0, 0.1) is 0 Å². The van der Waals surface area contributed by atoms with E-state index in [1.807, 2.05) is 0 Å². The first-order valence-electron chi connectivity index (χ1n) is 29.1. The van der Waals surface area contributed by atoms with E-state index in [1.54, 1.807) is 0 Å². The number of aliphatic hydroxyl groups is 2. The minimum atomic E-state index is -0.675. The fourth-order valence-corrected chi connectivity index (χ4v) is 9.02. The van der Waals surface area contributed by atoms with E-state index in [-0.39, 0.29) is 18.5 Å². The molecular weight excluding hydrogens is 803 g/mol. The number of aliphatic hydroxyl groups excluding tert-OH is 2. The summed E-state index contributed by atoms with van der Waals surface area (Å²) in [5.41, 5.74) is 0. The number of carbonyl (C=O) groups is 2. The molecule has 0 spiro atoms. The fourth-order valence-electron chi connectivity index (χ4n) is 9.02. The SMILES string of the molecule is CCCCCC/C=C\C/C=C\CCCCCCCCCC(=O)OCCCCCCCCCCCCCCC(=O)NC(CO)C(O)CCCCCCCCCCCCCCCCCCCC. The Bertz CT molecular complexity index is 1010. The van der Waals surface area contributed by atoms with Gasteiger partial charge in [0, 0.05) is 12.8 Å². The molecule has 0 aromatic carbocycles. The maximum absolute atomic E-state index is 12.5. The molecule has 0 aromatic heterocycles. The molecule has 0 rings (SSSR count). The topological polar surface area (TPSA) is 95.9 Å². The Morgan fingerprint density at radius 1 is 0.431 bits per heavy atom. The van der Waals surface area contributed by atoms with Gasteiger partial charge in [-0.05, 0) is 57.8 Å². The molecule has 0 bridgehead atoms. The minimum absolute atomic E-state index is 0.0159. The molecule has 6 heteroatoms. The van der Waals surface area contributed by atoms with Gasteiger partial charge in [0.05, 0.1) is 25.4 Å². The molecular formula is C59H113NO5. The highest BCUT2D eigenvalue weighted by Gasteiger charge is 2.20. The van der Waals surface area contributed by atoms with Crippen LogP contribution in [0.4, 0.5) is 0 Å². The number of hydrogen-bond donors (Lipinski definition) is 3. The molecule has 6 nitrogen and oxygen atoms in total. The van der Waals surface area contributed by atoms with Crippen LogP contribution in [0.5, 0.6) is 0 Å². The lowest BCUT2D eigenvalue weighted by Gasteiger charge is -2.22. The molecule has 0 saturated heterocycles. The van der Waals surface area contributed by atoms with E-state index >= 15 is 0 Å². The summed E-state index contributed by atoms with van der Waals surface area (Å²) in [6.45, 7) is 4.92. The van der Waals surface area contributed by atoms with E-state index in [2.05, 4.69) is 43.5 Å². The van der Waals surface area contributed by atoms with Crippen LogP contribution < -0.4 is 5.32 Å². The van der Waals surface area contributed by atoms with Gasteiger partial charge in [0.2, 0.25) is 5.91 Å². The third kappa shape index (κ3) is 51.6. The Balaban J connectivity index is 3.45. The monoisotopic (exact) mass is 916 g/mol. The third-order valence-electron chi connectivity index (χ3n) is 13.5. The number of rotatable bonds is 54. The quantitative estimate of drug-likeness (QED) is 0.0321. The van der Waals surface area contributed by atoms with Gasteiger partial charge >= 0.3 is 5.97 Å². The molecule has 0 radical (unpaired) electrons. The standard InChI is InChI=1S/C59H113NO5/c1-3-5-7-9-11-13-15-17-19-21-23-25-27-31-35-39-43-47-51-57(62)56(55-61)60-58(63)52-48-44-40-36-32-29-30-34-38-42-46-50-54-65-59(64)53-49-45-41-37-33-28-26-24-22-20-18-16-14-12-10-8-6-4-2/h14,16,20,22,56-57,61-62H,3-13,15,17-19,21,23-55H2,1-2H3,(H,60,63)/b16-14-,22-20-. The predicted molar refractivity (Wildman–Crippen MR) is 283 cm³/mol. The van der Waals surface area contributed by atoms with Crippen LogP contribution in [0.3, 0.4) is 0 Å². The summed E-state index contributed by atoms with van der Waals surface area (Å²) in [7, 11) is 0. The second-order valence-electron chi connectivity index (χ2n) is 20.0.